The summed E-state index contributed by atoms with van der Waals surface area (Å²) in [5, 5.41) is 7.52. The predicted octanol–water partition coefficient (Wildman–Crippen LogP) is 4.64. The first kappa shape index (κ1) is 20.4. The van der Waals surface area contributed by atoms with Crippen LogP contribution in [-0.4, -0.2) is 23.9 Å². The molecule has 2 N–H and O–H groups in total. The van der Waals surface area contributed by atoms with E-state index < -0.39 is 18.0 Å². The van der Waals surface area contributed by atoms with Crippen LogP contribution >= 0.6 is 11.6 Å². The van der Waals surface area contributed by atoms with Crippen LogP contribution in [0.4, 0.5) is 11.4 Å². The Morgan fingerprint density at radius 3 is 2.17 bits per heavy atom. The van der Waals surface area contributed by atoms with Crippen molar-refractivity contribution in [3.63, 3.8) is 0 Å². The van der Waals surface area contributed by atoms with Gasteiger partial charge in [-0.15, -0.1) is 0 Å². The third kappa shape index (κ3) is 5.12. The summed E-state index contributed by atoms with van der Waals surface area (Å²) in [6.07, 6.45) is -1.05. The van der Waals surface area contributed by atoms with Crippen molar-refractivity contribution in [3.8, 4) is 0 Å². The average molecular weight is 411 g/mol. The fraction of sp³-hybridized carbons (Fsp3) is 0.136. The molecule has 0 heterocycles. The van der Waals surface area contributed by atoms with Crippen molar-refractivity contribution in [1.82, 2.24) is 0 Å². The maximum atomic E-state index is 12.7. The monoisotopic (exact) mass is 410 g/mol. The van der Waals surface area contributed by atoms with Crippen LogP contribution in [0, 0.1) is 0 Å². The number of hydrogen-bond acceptors (Lipinski definition) is 4. The van der Waals surface area contributed by atoms with Crippen LogP contribution in [0.25, 0.3) is 10.8 Å². The summed E-state index contributed by atoms with van der Waals surface area (Å²) in [5.41, 5.74) is 1.03. The first-order valence-electron chi connectivity index (χ1n) is 8.91. The second-order valence-electron chi connectivity index (χ2n) is 6.47. The molecule has 0 aliphatic heterocycles. The number of nitrogens with one attached hydrogen (secondary N) is 2. The maximum Gasteiger partial charge on any atom is 0.341 e. The van der Waals surface area contributed by atoms with E-state index in [4.69, 9.17) is 16.3 Å². The summed E-state index contributed by atoms with van der Waals surface area (Å²) >= 11 is 5.83. The van der Waals surface area contributed by atoms with E-state index in [1.54, 1.807) is 36.4 Å². The van der Waals surface area contributed by atoms with Crippen LogP contribution in [-0.2, 0) is 14.3 Å². The van der Waals surface area contributed by atoms with E-state index in [9.17, 15) is 14.4 Å². The Kier molecular flexibility index (Phi) is 6.14. The van der Waals surface area contributed by atoms with Gasteiger partial charge in [0.1, 0.15) is 0 Å². The first-order valence-corrected chi connectivity index (χ1v) is 9.29. The molecule has 1 atom stereocenters. The number of carbonyl (C=O) groups is 3. The zero-order chi connectivity index (χ0) is 21.0. The summed E-state index contributed by atoms with van der Waals surface area (Å²) in [4.78, 5) is 36.6. The number of halogens is 1. The predicted molar refractivity (Wildman–Crippen MR) is 113 cm³/mol. The van der Waals surface area contributed by atoms with Crippen molar-refractivity contribution in [1.29, 1.82) is 0 Å². The standard InChI is InChI=1S/C22H19ClN2O4/c1-13(21(27)25-18-9-7-17(23)8-10-18)29-22(28)19-11-15-5-3-4-6-16(15)12-20(19)24-14(2)26/h3-13H,1-2H3,(H,24,26)(H,25,27). The summed E-state index contributed by atoms with van der Waals surface area (Å²) in [7, 11) is 0. The third-order valence-corrected chi connectivity index (χ3v) is 4.43. The molecule has 0 saturated heterocycles. The van der Waals surface area contributed by atoms with E-state index in [-0.39, 0.29) is 11.5 Å². The fourth-order valence-electron chi connectivity index (χ4n) is 2.76. The molecule has 0 radical (unpaired) electrons. The minimum Gasteiger partial charge on any atom is -0.449 e. The van der Waals surface area contributed by atoms with Gasteiger partial charge in [0, 0.05) is 17.6 Å². The second kappa shape index (κ2) is 8.75. The molecule has 3 aromatic carbocycles. The average Bonchev–Trinajstić information content (AvgIpc) is 2.68. The molecular weight excluding hydrogens is 392 g/mol. The fourth-order valence-corrected chi connectivity index (χ4v) is 2.88. The topological polar surface area (TPSA) is 84.5 Å². The van der Waals surface area contributed by atoms with Gasteiger partial charge in [-0.1, -0.05) is 35.9 Å². The van der Waals surface area contributed by atoms with Gasteiger partial charge in [-0.05, 0) is 54.1 Å². The molecule has 0 fully saturated rings. The lowest BCUT2D eigenvalue weighted by Crippen LogP contribution is -2.30. The molecule has 3 aromatic rings. The van der Waals surface area contributed by atoms with Gasteiger partial charge >= 0.3 is 5.97 Å². The van der Waals surface area contributed by atoms with Gasteiger partial charge in [0.15, 0.2) is 6.10 Å². The zero-order valence-electron chi connectivity index (χ0n) is 15.9. The summed E-state index contributed by atoms with van der Waals surface area (Å²) in [5.74, 6) is -1.51. The molecule has 7 heteroatoms. The molecule has 1 unspecified atom stereocenters. The second-order valence-corrected chi connectivity index (χ2v) is 6.91. The van der Waals surface area contributed by atoms with Crippen molar-refractivity contribution < 1.29 is 19.1 Å². The molecule has 148 valence electrons. The van der Waals surface area contributed by atoms with E-state index >= 15 is 0 Å². The highest BCUT2D eigenvalue weighted by molar-refractivity contribution is 6.30. The lowest BCUT2D eigenvalue weighted by Gasteiger charge is -2.16. The number of benzene rings is 3. The molecule has 29 heavy (non-hydrogen) atoms. The number of carbonyl (C=O) groups excluding carboxylic acids is 3. The lowest BCUT2D eigenvalue weighted by atomic mass is 10.0. The normalized spacial score (nSPS) is 11.6. The van der Waals surface area contributed by atoms with Gasteiger partial charge in [-0.3, -0.25) is 9.59 Å². The van der Waals surface area contributed by atoms with Crippen molar-refractivity contribution in [3.05, 3.63) is 71.2 Å². The Bertz CT molecular complexity index is 1080. The third-order valence-electron chi connectivity index (χ3n) is 4.18. The number of amides is 2. The van der Waals surface area contributed by atoms with E-state index in [1.165, 1.54) is 13.8 Å². The zero-order valence-corrected chi connectivity index (χ0v) is 16.6. The molecular formula is C22H19ClN2O4. The van der Waals surface area contributed by atoms with Gasteiger partial charge in [-0.2, -0.15) is 0 Å². The van der Waals surface area contributed by atoms with Crippen molar-refractivity contribution >= 4 is 51.5 Å². The molecule has 0 aliphatic rings. The van der Waals surface area contributed by atoms with E-state index in [0.717, 1.165) is 10.8 Å². The Hall–Kier alpha value is -3.38. The minimum atomic E-state index is -1.05. The number of hydrogen-bond donors (Lipinski definition) is 2. The first-order chi connectivity index (χ1) is 13.8. The summed E-state index contributed by atoms with van der Waals surface area (Å²) in [6.45, 7) is 2.83. The van der Waals surface area contributed by atoms with Crippen LogP contribution in [0.1, 0.15) is 24.2 Å². The number of ether oxygens (including phenoxy) is 1. The number of esters is 1. The molecule has 0 aliphatic carbocycles. The number of fused-ring (bicyclic) bond motifs is 1. The Balaban J connectivity index is 1.79. The SMILES string of the molecule is CC(=O)Nc1cc2ccccc2cc1C(=O)OC(C)C(=O)Nc1ccc(Cl)cc1. The molecule has 0 spiro atoms. The van der Waals surface area contributed by atoms with Crippen molar-refractivity contribution in [2.45, 2.75) is 20.0 Å². The van der Waals surface area contributed by atoms with Crippen molar-refractivity contribution in [2.24, 2.45) is 0 Å². The highest BCUT2D eigenvalue weighted by Gasteiger charge is 2.22. The van der Waals surface area contributed by atoms with E-state index in [2.05, 4.69) is 10.6 Å². The van der Waals surface area contributed by atoms with E-state index in [1.807, 2.05) is 24.3 Å². The molecule has 0 aromatic heterocycles. The molecule has 0 saturated carbocycles. The van der Waals surface area contributed by atoms with E-state index in [0.29, 0.717) is 16.4 Å². The van der Waals surface area contributed by atoms with Crippen molar-refractivity contribution in [2.75, 3.05) is 10.6 Å². The molecule has 0 bridgehead atoms. The summed E-state index contributed by atoms with van der Waals surface area (Å²) in [6, 6.07) is 17.3. The molecule has 2 amide bonds. The Labute approximate surface area is 172 Å². The van der Waals surface area contributed by atoms with Crippen LogP contribution < -0.4 is 10.6 Å². The number of anilines is 2. The van der Waals surface area contributed by atoms with Crippen LogP contribution in [0.2, 0.25) is 5.02 Å². The van der Waals surface area contributed by atoms with Crippen LogP contribution in [0.15, 0.2) is 60.7 Å². The van der Waals surface area contributed by atoms with Gasteiger partial charge in [-0.25, -0.2) is 4.79 Å². The smallest absolute Gasteiger partial charge is 0.341 e. The Morgan fingerprint density at radius 2 is 1.55 bits per heavy atom. The quantitative estimate of drug-likeness (QED) is 0.600. The molecule has 6 nitrogen and oxygen atoms in total. The summed E-state index contributed by atoms with van der Waals surface area (Å²) < 4.78 is 5.34. The minimum absolute atomic E-state index is 0.171. The van der Waals surface area contributed by atoms with Gasteiger partial charge in [0.25, 0.3) is 5.91 Å². The Morgan fingerprint density at radius 1 is 0.931 bits per heavy atom. The highest BCUT2D eigenvalue weighted by atomic mass is 35.5. The van der Waals surface area contributed by atoms with Gasteiger partial charge < -0.3 is 15.4 Å². The largest absolute Gasteiger partial charge is 0.449 e. The highest BCUT2D eigenvalue weighted by Crippen LogP contribution is 2.25. The number of rotatable bonds is 5. The van der Waals surface area contributed by atoms with Gasteiger partial charge in [0.2, 0.25) is 5.91 Å². The molecule has 3 rings (SSSR count). The lowest BCUT2D eigenvalue weighted by molar-refractivity contribution is -0.123. The maximum absolute atomic E-state index is 12.7. The van der Waals surface area contributed by atoms with Crippen LogP contribution in [0.5, 0.6) is 0 Å². The van der Waals surface area contributed by atoms with Crippen LogP contribution in [0.3, 0.4) is 0 Å². The van der Waals surface area contributed by atoms with Gasteiger partial charge in [0.05, 0.1) is 11.3 Å².